The fraction of sp³-hybridized carbons (Fsp3) is 0.600. The van der Waals surface area contributed by atoms with E-state index in [1.54, 1.807) is 6.08 Å². The SMILES string of the molecule is C/C=C(/N)CCO. The second-order valence-corrected chi connectivity index (χ2v) is 1.34. The van der Waals surface area contributed by atoms with Gasteiger partial charge in [0.25, 0.3) is 0 Å². The van der Waals surface area contributed by atoms with Gasteiger partial charge in [0.05, 0.1) is 0 Å². The number of hydrogen-bond donors (Lipinski definition) is 2. The van der Waals surface area contributed by atoms with Crippen molar-refractivity contribution >= 4 is 0 Å². The van der Waals surface area contributed by atoms with Gasteiger partial charge < -0.3 is 10.8 Å². The van der Waals surface area contributed by atoms with Crippen LogP contribution in [0.1, 0.15) is 13.3 Å². The Balaban J connectivity index is 3.17. The Hall–Kier alpha value is -0.500. The molecule has 0 aliphatic rings. The Bertz CT molecular complexity index is 68.5. The molecule has 0 aromatic rings. The van der Waals surface area contributed by atoms with Crippen LogP contribution < -0.4 is 5.73 Å². The molecule has 42 valence electrons. The van der Waals surface area contributed by atoms with E-state index in [1.165, 1.54) is 0 Å². The zero-order valence-electron chi connectivity index (χ0n) is 4.52. The molecule has 0 rings (SSSR count). The van der Waals surface area contributed by atoms with Gasteiger partial charge >= 0.3 is 0 Å². The number of allylic oxidation sites excluding steroid dienone is 1. The molecule has 0 radical (unpaired) electrons. The minimum absolute atomic E-state index is 0.149. The summed E-state index contributed by atoms with van der Waals surface area (Å²) in [5, 5.41) is 8.25. The van der Waals surface area contributed by atoms with E-state index in [0.29, 0.717) is 6.42 Å². The molecule has 0 unspecified atom stereocenters. The molecule has 0 bridgehead atoms. The van der Waals surface area contributed by atoms with Crippen LogP contribution in [0.25, 0.3) is 0 Å². The van der Waals surface area contributed by atoms with Gasteiger partial charge in [0.15, 0.2) is 0 Å². The maximum atomic E-state index is 8.25. The van der Waals surface area contributed by atoms with Crippen LogP contribution >= 0.6 is 0 Å². The topological polar surface area (TPSA) is 46.2 Å². The molecule has 2 heteroatoms. The Morgan fingerprint density at radius 3 is 2.57 bits per heavy atom. The summed E-state index contributed by atoms with van der Waals surface area (Å²) in [6.07, 6.45) is 2.38. The second-order valence-electron chi connectivity index (χ2n) is 1.34. The maximum absolute atomic E-state index is 8.25. The summed E-state index contributed by atoms with van der Waals surface area (Å²) in [5.74, 6) is 0. The maximum Gasteiger partial charge on any atom is 0.0485 e. The molecule has 0 saturated carbocycles. The molecule has 0 aliphatic heterocycles. The van der Waals surface area contributed by atoms with Crippen molar-refractivity contribution in [2.75, 3.05) is 6.61 Å². The van der Waals surface area contributed by atoms with E-state index in [4.69, 9.17) is 10.8 Å². The average Bonchev–Trinajstić information content (AvgIpc) is 1.68. The predicted octanol–water partition coefficient (Wildman–Crippen LogP) is 0.231. The fourth-order valence-electron chi connectivity index (χ4n) is 0.273. The molecule has 0 amide bonds. The number of aliphatic hydroxyl groups is 1. The molecule has 0 aromatic carbocycles. The largest absolute Gasteiger partial charge is 0.402 e. The van der Waals surface area contributed by atoms with Crippen molar-refractivity contribution in [3.8, 4) is 0 Å². The summed E-state index contributed by atoms with van der Waals surface area (Å²) in [4.78, 5) is 0. The Morgan fingerprint density at radius 2 is 2.43 bits per heavy atom. The van der Waals surface area contributed by atoms with E-state index in [0.717, 1.165) is 5.70 Å². The molecule has 2 nitrogen and oxygen atoms in total. The Morgan fingerprint density at radius 1 is 1.86 bits per heavy atom. The summed E-state index contributed by atoms with van der Waals surface area (Å²) < 4.78 is 0. The minimum Gasteiger partial charge on any atom is -0.402 e. The van der Waals surface area contributed by atoms with Crippen molar-refractivity contribution in [1.29, 1.82) is 0 Å². The van der Waals surface area contributed by atoms with Crippen LogP contribution in [0.3, 0.4) is 0 Å². The van der Waals surface area contributed by atoms with Gasteiger partial charge in [-0.15, -0.1) is 0 Å². The standard InChI is InChI=1S/C5H11NO/c1-2-5(6)3-4-7/h2,7H,3-4,6H2,1H3/b5-2+. The van der Waals surface area contributed by atoms with Gasteiger partial charge in [-0.1, -0.05) is 6.08 Å². The molecule has 3 N–H and O–H groups in total. The van der Waals surface area contributed by atoms with E-state index in [1.807, 2.05) is 6.92 Å². The van der Waals surface area contributed by atoms with E-state index in [9.17, 15) is 0 Å². The number of rotatable bonds is 2. The number of nitrogens with two attached hydrogens (primary N) is 1. The average molecular weight is 101 g/mol. The van der Waals surface area contributed by atoms with E-state index < -0.39 is 0 Å². The van der Waals surface area contributed by atoms with Gasteiger partial charge in [-0.2, -0.15) is 0 Å². The van der Waals surface area contributed by atoms with Crippen molar-refractivity contribution in [3.05, 3.63) is 11.8 Å². The molecule has 0 spiro atoms. The van der Waals surface area contributed by atoms with Gasteiger partial charge in [0.1, 0.15) is 0 Å². The molecule has 0 aliphatic carbocycles. The fourth-order valence-corrected chi connectivity index (χ4v) is 0.273. The highest BCUT2D eigenvalue weighted by molar-refractivity contribution is 4.92. The van der Waals surface area contributed by atoms with Crippen molar-refractivity contribution in [2.45, 2.75) is 13.3 Å². The molecular formula is C5H11NO. The van der Waals surface area contributed by atoms with Gasteiger partial charge in [-0.3, -0.25) is 0 Å². The predicted molar refractivity (Wildman–Crippen MR) is 29.6 cm³/mol. The molecule has 0 heterocycles. The van der Waals surface area contributed by atoms with Crippen LogP contribution in [-0.2, 0) is 0 Å². The molecular weight excluding hydrogens is 90.1 g/mol. The zero-order chi connectivity index (χ0) is 5.70. The number of hydrogen-bond acceptors (Lipinski definition) is 2. The van der Waals surface area contributed by atoms with Crippen LogP contribution in [0.4, 0.5) is 0 Å². The van der Waals surface area contributed by atoms with Gasteiger partial charge in [-0.25, -0.2) is 0 Å². The van der Waals surface area contributed by atoms with E-state index in [-0.39, 0.29) is 6.61 Å². The molecule has 0 aromatic heterocycles. The summed E-state index contributed by atoms with van der Waals surface area (Å²) >= 11 is 0. The van der Waals surface area contributed by atoms with E-state index >= 15 is 0 Å². The quantitative estimate of drug-likeness (QED) is 0.523. The van der Waals surface area contributed by atoms with Crippen LogP contribution in [-0.4, -0.2) is 11.7 Å². The van der Waals surface area contributed by atoms with Crippen molar-refractivity contribution in [1.82, 2.24) is 0 Å². The molecule has 0 atom stereocenters. The third-order valence-corrected chi connectivity index (χ3v) is 0.771. The van der Waals surface area contributed by atoms with Crippen LogP contribution in [0.5, 0.6) is 0 Å². The lowest BCUT2D eigenvalue weighted by atomic mass is 10.3. The normalized spacial score (nSPS) is 12.0. The Kier molecular flexibility index (Phi) is 3.42. The highest BCUT2D eigenvalue weighted by Gasteiger charge is 1.81. The first-order valence-electron chi connectivity index (χ1n) is 2.32. The van der Waals surface area contributed by atoms with Gasteiger partial charge in [-0.05, 0) is 6.92 Å². The molecule has 0 fully saturated rings. The lowest BCUT2D eigenvalue weighted by Gasteiger charge is -1.91. The monoisotopic (exact) mass is 101 g/mol. The van der Waals surface area contributed by atoms with Crippen LogP contribution in [0.2, 0.25) is 0 Å². The zero-order valence-corrected chi connectivity index (χ0v) is 4.52. The molecule has 7 heavy (non-hydrogen) atoms. The van der Waals surface area contributed by atoms with Crippen molar-refractivity contribution in [2.24, 2.45) is 5.73 Å². The summed E-state index contributed by atoms with van der Waals surface area (Å²) in [7, 11) is 0. The lowest BCUT2D eigenvalue weighted by molar-refractivity contribution is 0.298. The first-order chi connectivity index (χ1) is 3.31. The third kappa shape index (κ3) is 3.33. The first-order valence-corrected chi connectivity index (χ1v) is 2.32. The molecule has 0 saturated heterocycles. The summed E-state index contributed by atoms with van der Waals surface area (Å²) in [5.41, 5.74) is 6.04. The van der Waals surface area contributed by atoms with Gasteiger partial charge in [0.2, 0.25) is 0 Å². The Labute approximate surface area is 43.6 Å². The summed E-state index contributed by atoms with van der Waals surface area (Å²) in [6.45, 7) is 2.00. The van der Waals surface area contributed by atoms with Crippen LogP contribution in [0.15, 0.2) is 11.8 Å². The lowest BCUT2D eigenvalue weighted by Crippen LogP contribution is -1.98. The summed E-state index contributed by atoms with van der Waals surface area (Å²) in [6, 6.07) is 0. The highest BCUT2D eigenvalue weighted by atomic mass is 16.3. The van der Waals surface area contributed by atoms with Gasteiger partial charge in [0, 0.05) is 18.7 Å². The third-order valence-electron chi connectivity index (χ3n) is 0.771. The van der Waals surface area contributed by atoms with Crippen molar-refractivity contribution in [3.63, 3.8) is 0 Å². The highest BCUT2D eigenvalue weighted by Crippen LogP contribution is 1.86. The first kappa shape index (κ1) is 6.50. The minimum atomic E-state index is 0.149. The van der Waals surface area contributed by atoms with Crippen LogP contribution in [0, 0.1) is 0 Å². The van der Waals surface area contributed by atoms with E-state index in [2.05, 4.69) is 0 Å². The smallest absolute Gasteiger partial charge is 0.0485 e. The van der Waals surface area contributed by atoms with Crippen molar-refractivity contribution < 1.29 is 5.11 Å². The number of aliphatic hydroxyl groups excluding tert-OH is 1. The second kappa shape index (κ2) is 3.68.